The van der Waals surface area contributed by atoms with Crippen LogP contribution in [-0.2, 0) is 10.0 Å². The molecule has 10 heteroatoms. The first-order valence-electron chi connectivity index (χ1n) is 9.91. The highest BCUT2D eigenvalue weighted by atomic mass is 32.2. The second kappa shape index (κ2) is 8.23. The summed E-state index contributed by atoms with van der Waals surface area (Å²) in [4.78, 5) is 12.5. The molecule has 0 aliphatic rings. The number of anilines is 1. The highest BCUT2D eigenvalue weighted by molar-refractivity contribution is 7.92. The summed E-state index contributed by atoms with van der Waals surface area (Å²) in [5.74, 6) is 0.520. The molecule has 2 aromatic carbocycles. The predicted molar refractivity (Wildman–Crippen MR) is 127 cm³/mol. The van der Waals surface area contributed by atoms with E-state index in [2.05, 4.69) is 20.0 Å². The van der Waals surface area contributed by atoms with Gasteiger partial charge in [-0.25, -0.2) is 8.42 Å². The summed E-state index contributed by atoms with van der Waals surface area (Å²) in [7, 11) is -3.82. The van der Waals surface area contributed by atoms with Crippen LogP contribution >= 0.6 is 11.3 Å². The van der Waals surface area contributed by atoms with E-state index in [9.17, 15) is 13.2 Å². The zero-order valence-electron chi connectivity index (χ0n) is 17.3. The maximum absolute atomic E-state index is 12.8. The quantitative estimate of drug-likeness (QED) is 0.362. The number of carbonyl (C=O) groups is 1. The fourth-order valence-corrected chi connectivity index (χ4v) is 5.07. The topological polar surface area (TPSA) is 106 Å². The average molecular weight is 476 g/mol. The molecular formula is C23H17N5O3S2. The van der Waals surface area contributed by atoms with Crippen molar-refractivity contribution in [3.63, 3.8) is 0 Å². The molecule has 3 heterocycles. The molecule has 0 bridgehead atoms. The first-order valence-corrected chi connectivity index (χ1v) is 12.3. The number of carbonyl (C=O) groups excluding carboxylic acids is 1. The molecule has 0 unspecified atom stereocenters. The van der Waals surface area contributed by atoms with E-state index in [4.69, 9.17) is 0 Å². The molecule has 8 nitrogen and oxygen atoms in total. The number of benzene rings is 2. The zero-order chi connectivity index (χ0) is 23.0. The lowest BCUT2D eigenvalue weighted by Gasteiger charge is -2.10. The number of ketones is 1. The number of thiophene rings is 1. The number of hydrogen-bond acceptors (Lipinski definition) is 7. The van der Waals surface area contributed by atoms with Crippen molar-refractivity contribution in [1.29, 1.82) is 0 Å². The molecule has 5 aromatic rings. The third-order valence-electron chi connectivity index (χ3n) is 4.99. The Labute approximate surface area is 193 Å². The minimum absolute atomic E-state index is 0.0718. The summed E-state index contributed by atoms with van der Waals surface area (Å²) < 4.78 is 29.9. The van der Waals surface area contributed by atoms with Crippen LogP contribution in [0.5, 0.6) is 0 Å². The van der Waals surface area contributed by atoms with Gasteiger partial charge in [0, 0.05) is 16.8 Å². The van der Waals surface area contributed by atoms with Gasteiger partial charge in [-0.15, -0.1) is 21.5 Å². The van der Waals surface area contributed by atoms with Crippen molar-refractivity contribution in [3.05, 3.63) is 83.7 Å². The standard InChI is InChI=1S/C23H17N5O3S2/c1-15(29)16-7-9-19(10-8-16)33(30,31)27-18-5-2-4-17(14-18)20-11-12-22-24-25-23(28(22)26-20)21-6-3-13-32-21/h2-14,27H,1H3. The van der Waals surface area contributed by atoms with E-state index >= 15 is 0 Å². The van der Waals surface area contributed by atoms with Crippen molar-refractivity contribution in [2.24, 2.45) is 0 Å². The number of hydrogen-bond donors (Lipinski definition) is 1. The molecule has 0 aliphatic heterocycles. The van der Waals surface area contributed by atoms with Crippen LogP contribution in [0.15, 0.2) is 83.1 Å². The van der Waals surface area contributed by atoms with E-state index in [1.807, 2.05) is 35.7 Å². The molecule has 0 radical (unpaired) electrons. The lowest BCUT2D eigenvalue weighted by atomic mass is 10.1. The highest BCUT2D eigenvalue weighted by Crippen LogP contribution is 2.26. The average Bonchev–Trinajstić information content (AvgIpc) is 3.48. The van der Waals surface area contributed by atoms with Gasteiger partial charge >= 0.3 is 0 Å². The number of aromatic nitrogens is 4. The van der Waals surface area contributed by atoms with Gasteiger partial charge in [0.2, 0.25) is 0 Å². The van der Waals surface area contributed by atoms with Crippen LogP contribution in [-0.4, -0.2) is 34.0 Å². The summed E-state index contributed by atoms with van der Waals surface area (Å²) >= 11 is 1.55. The van der Waals surface area contributed by atoms with Crippen LogP contribution < -0.4 is 4.72 Å². The number of nitrogens with zero attached hydrogens (tertiary/aromatic N) is 4. The monoisotopic (exact) mass is 475 g/mol. The van der Waals surface area contributed by atoms with Gasteiger partial charge in [0.15, 0.2) is 17.3 Å². The van der Waals surface area contributed by atoms with Crippen LogP contribution in [0.1, 0.15) is 17.3 Å². The number of sulfonamides is 1. The van der Waals surface area contributed by atoms with Crippen molar-refractivity contribution in [2.75, 3.05) is 4.72 Å². The predicted octanol–water partition coefficient (Wildman–Crippen LogP) is 4.52. The number of rotatable bonds is 6. The number of fused-ring (bicyclic) bond motifs is 1. The van der Waals surface area contributed by atoms with Crippen LogP contribution in [0.3, 0.4) is 0 Å². The smallest absolute Gasteiger partial charge is 0.261 e. The van der Waals surface area contributed by atoms with Crippen LogP contribution in [0.25, 0.3) is 27.6 Å². The molecule has 0 fully saturated rings. The van der Waals surface area contributed by atoms with Gasteiger partial charge in [-0.3, -0.25) is 9.52 Å². The second-order valence-corrected chi connectivity index (χ2v) is 9.89. The number of Topliss-reactive ketones (excluding diaryl/α,β-unsaturated/α-hetero) is 1. The van der Waals surface area contributed by atoms with Gasteiger partial charge in [-0.05, 0) is 54.8 Å². The highest BCUT2D eigenvalue weighted by Gasteiger charge is 2.16. The van der Waals surface area contributed by atoms with Crippen LogP contribution in [0.2, 0.25) is 0 Å². The van der Waals surface area contributed by atoms with Gasteiger partial charge in [-0.2, -0.15) is 9.61 Å². The van der Waals surface area contributed by atoms with Crippen molar-refractivity contribution in [2.45, 2.75) is 11.8 Å². The molecule has 0 atom stereocenters. The molecule has 0 amide bonds. The zero-order valence-corrected chi connectivity index (χ0v) is 19.0. The van der Waals surface area contributed by atoms with Gasteiger partial charge in [-0.1, -0.05) is 30.3 Å². The van der Waals surface area contributed by atoms with Gasteiger partial charge in [0.05, 0.1) is 15.5 Å². The van der Waals surface area contributed by atoms with Crippen molar-refractivity contribution >= 4 is 38.5 Å². The van der Waals surface area contributed by atoms with E-state index in [1.54, 1.807) is 34.1 Å². The van der Waals surface area contributed by atoms with E-state index in [-0.39, 0.29) is 10.7 Å². The maximum atomic E-state index is 12.8. The molecule has 164 valence electrons. The molecule has 3 aromatic heterocycles. The molecule has 5 rings (SSSR count). The van der Waals surface area contributed by atoms with Gasteiger partial charge in [0.1, 0.15) is 0 Å². The van der Waals surface area contributed by atoms with E-state index < -0.39 is 10.0 Å². The normalized spacial score (nSPS) is 11.5. The third kappa shape index (κ3) is 4.13. The Kier molecular flexibility index (Phi) is 5.23. The Balaban J connectivity index is 1.46. The molecule has 1 N–H and O–H groups in total. The lowest BCUT2D eigenvalue weighted by molar-refractivity contribution is 0.101. The lowest BCUT2D eigenvalue weighted by Crippen LogP contribution is -2.13. The summed E-state index contributed by atoms with van der Waals surface area (Å²) in [6, 6.07) is 20.3. The van der Waals surface area contributed by atoms with Gasteiger partial charge < -0.3 is 0 Å². The maximum Gasteiger partial charge on any atom is 0.261 e. The summed E-state index contributed by atoms with van der Waals surface area (Å²) in [5, 5.41) is 15.0. The minimum atomic E-state index is -3.82. The molecule has 33 heavy (non-hydrogen) atoms. The Bertz CT molecular complexity index is 1570. The van der Waals surface area contributed by atoms with E-state index in [0.29, 0.717) is 28.4 Å². The molecule has 0 aliphatic carbocycles. The van der Waals surface area contributed by atoms with Crippen LogP contribution in [0, 0.1) is 0 Å². The molecule has 0 saturated heterocycles. The Hall–Kier alpha value is -3.89. The van der Waals surface area contributed by atoms with Crippen LogP contribution in [0.4, 0.5) is 5.69 Å². The molecular weight excluding hydrogens is 458 g/mol. The first kappa shape index (κ1) is 21.0. The van der Waals surface area contributed by atoms with E-state index in [1.165, 1.54) is 31.2 Å². The van der Waals surface area contributed by atoms with Crippen molar-refractivity contribution in [1.82, 2.24) is 19.8 Å². The largest absolute Gasteiger partial charge is 0.295 e. The SMILES string of the molecule is CC(=O)c1ccc(S(=O)(=O)Nc2cccc(-c3ccc4nnc(-c5cccs5)n4n3)c2)cc1. The summed E-state index contributed by atoms with van der Waals surface area (Å²) in [6.45, 7) is 1.43. The number of nitrogens with one attached hydrogen (secondary N) is 1. The molecule has 0 saturated carbocycles. The third-order valence-corrected chi connectivity index (χ3v) is 7.25. The Morgan fingerprint density at radius 1 is 0.970 bits per heavy atom. The van der Waals surface area contributed by atoms with Crippen molar-refractivity contribution < 1.29 is 13.2 Å². The fourth-order valence-electron chi connectivity index (χ4n) is 3.33. The second-order valence-electron chi connectivity index (χ2n) is 7.26. The van der Waals surface area contributed by atoms with Crippen molar-refractivity contribution in [3.8, 4) is 22.0 Å². The Morgan fingerprint density at radius 3 is 2.52 bits per heavy atom. The van der Waals surface area contributed by atoms with Gasteiger partial charge in [0.25, 0.3) is 10.0 Å². The molecule has 0 spiro atoms. The summed E-state index contributed by atoms with van der Waals surface area (Å²) in [6.07, 6.45) is 0. The minimum Gasteiger partial charge on any atom is -0.295 e. The Morgan fingerprint density at radius 2 is 1.79 bits per heavy atom. The summed E-state index contributed by atoms with van der Waals surface area (Å²) in [5.41, 5.74) is 2.84. The fraction of sp³-hybridized carbons (Fsp3) is 0.0435. The van der Waals surface area contributed by atoms with E-state index in [0.717, 1.165) is 10.4 Å². The first-order chi connectivity index (χ1) is 15.9.